The van der Waals surface area contributed by atoms with Crippen molar-refractivity contribution in [2.24, 2.45) is 0 Å². The maximum atomic E-state index is 12.5. The number of carbonyl (C=O) groups is 2. The third kappa shape index (κ3) is 69.4. The lowest BCUT2D eigenvalue weighted by Gasteiger charge is -2.20. The molecule has 0 aliphatic heterocycles. The third-order valence-electron chi connectivity index (χ3n) is 18.2. The molecule has 2 unspecified atom stereocenters. The van der Waals surface area contributed by atoms with Gasteiger partial charge in [0.1, 0.15) is 0 Å². The molecular formula is C78H151NO5. The van der Waals surface area contributed by atoms with Crippen LogP contribution in [0.25, 0.3) is 0 Å². The normalized spacial score (nSPS) is 12.6. The molecule has 6 heteroatoms. The summed E-state index contributed by atoms with van der Waals surface area (Å²) in [7, 11) is 0. The fourth-order valence-electron chi connectivity index (χ4n) is 12.3. The summed E-state index contributed by atoms with van der Waals surface area (Å²) in [5, 5.41) is 23.3. The van der Waals surface area contributed by atoms with Crippen molar-refractivity contribution >= 4 is 11.9 Å². The molecule has 0 spiro atoms. The quantitative estimate of drug-likeness (QED) is 0.0320. The van der Waals surface area contributed by atoms with E-state index in [2.05, 4.69) is 31.3 Å². The Bertz CT molecular complexity index is 1320. The van der Waals surface area contributed by atoms with Gasteiger partial charge in [-0.05, 0) is 57.8 Å². The third-order valence-corrected chi connectivity index (χ3v) is 18.2. The molecule has 0 fully saturated rings. The lowest BCUT2D eigenvalue weighted by molar-refractivity contribution is -0.143. The van der Waals surface area contributed by atoms with Crippen molar-refractivity contribution in [2.75, 3.05) is 13.2 Å². The first-order valence-corrected chi connectivity index (χ1v) is 38.6. The number of rotatable bonds is 73. The number of carbonyl (C=O) groups excluding carboxylic acids is 2. The first kappa shape index (κ1) is 82.3. The van der Waals surface area contributed by atoms with Gasteiger partial charge in [0, 0.05) is 12.8 Å². The van der Waals surface area contributed by atoms with Gasteiger partial charge in [0.2, 0.25) is 5.91 Å². The van der Waals surface area contributed by atoms with Crippen LogP contribution in [-0.2, 0) is 14.3 Å². The van der Waals surface area contributed by atoms with E-state index in [9.17, 15) is 19.8 Å². The largest absolute Gasteiger partial charge is 0.466 e. The molecule has 3 N–H and O–H groups in total. The number of aliphatic hydroxyl groups is 2. The summed E-state index contributed by atoms with van der Waals surface area (Å²) in [4.78, 5) is 24.6. The van der Waals surface area contributed by atoms with Gasteiger partial charge in [-0.15, -0.1) is 0 Å². The Morgan fingerprint density at radius 3 is 0.845 bits per heavy atom. The monoisotopic (exact) mass is 1180 g/mol. The van der Waals surface area contributed by atoms with E-state index < -0.39 is 12.1 Å². The summed E-state index contributed by atoms with van der Waals surface area (Å²) in [6.45, 7) is 4.96. The summed E-state index contributed by atoms with van der Waals surface area (Å²) >= 11 is 0. The van der Waals surface area contributed by atoms with Gasteiger partial charge in [-0.3, -0.25) is 9.59 Å². The van der Waals surface area contributed by atoms with Crippen LogP contribution in [0.4, 0.5) is 0 Å². The minimum absolute atomic E-state index is 0.0201. The Balaban J connectivity index is 3.39. The number of nitrogens with one attached hydrogen (secondary N) is 1. The highest BCUT2D eigenvalue weighted by molar-refractivity contribution is 5.76. The minimum Gasteiger partial charge on any atom is -0.466 e. The maximum absolute atomic E-state index is 12.5. The molecule has 0 aromatic rings. The maximum Gasteiger partial charge on any atom is 0.305 e. The Labute approximate surface area is 526 Å². The topological polar surface area (TPSA) is 95.9 Å². The molecule has 84 heavy (non-hydrogen) atoms. The van der Waals surface area contributed by atoms with Gasteiger partial charge in [-0.1, -0.05) is 391 Å². The van der Waals surface area contributed by atoms with Crippen molar-refractivity contribution in [2.45, 2.75) is 450 Å². The lowest BCUT2D eigenvalue weighted by Crippen LogP contribution is -2.45. The van der Waals surface area contributed by atoms with Gasteiger partial charge in [0.15, 0.2) is 0 Å². The Hall–Kier alpha value is -1.66. The minimum atomic E-state index is -0.845. The summed E-state index contributed by atoms with van der Waals surface area (Å²) < 4.78 is 5.50. The van der Waals surface area contributed by atoms with Crippen LogP contribution in [-0.4, -0.2) is 47.4 Å². The fourth-order valence-corrected chi connectivity index (χ4v) is 12.3. The Morgan fingerprint density at radius 2 is 0.560 bits per heavy atom. The van der Waals surface area contributed by atoms with Crippen LogP contribution in [0.1, 0.15) is 438 Å². The zero-order valence-electron chi connectivity index (χ0n) is 57.2. The zero-order chi connectivity index (χ0) is 60.6. The summed E-state index contributed by atoms with van der Waals surface area (Å²) in [5.74, 6) is -0.0421. The van der Waals surface area contributed by atoms with Crippen LogP contribution in [0.5, 0.6) is 0 Å². The fraction of sp³-hybridized carbons (Fsp3) is 0.923. The van der Waals surface area contributed by atoms with E-state index in [1.54, 1.807) is 6.08 Å². The van der Waals surface area contributed by atoms with Gasteiger partial charge >= 0.3 is 5.97 Å². The second-order valence-corrected chi connectivity index (χ2v) is 26.7. The van der Waals surface area contributed by atoms with Crippen LogP contribution in [0.2, 0.25) is 0 Å². The Morgan fingerprint density at radius 1 is 0.321 bits per heavy atom. The molecule has 1 amide bonds. The molecule has 2 atom stereocenters. The molecule has 0 saturated heterocycles. The summed E-state index contributed by atoms with van der Waals surface area (Å²) in [6.07, 6.45) is 94.3. The van der Waals surface area contributed by atoms with Gasteiger partial charge in [-0.2, -0.15) is 0 Å². The van der Waals surface area contributed by atoms with Crippen molar-refractivity contribution in [3.63, 3.8) is 0 Å². The molecule has 0 bridgehead atoms. The molecule has 0 heterocycles. The average Bonchev–Trinajstić information content (AvgIpc) is 3.53. The van der Waals surface area contributed by atoms with Crippen molar-refractivity contribution in [3.8, 4) is 0 Å². The van der Waals surface area contributed by atoms with E-state index in [-0.39, 0.29) is 18.5 Å². The van der Waals surface area contributed by atoms with Gasteiger partial charge in [0.05, 0.1) is 25.4 Å². The van der Waals surface area contributed by atoms with Crippen LogP contribution < -0.4 is 5.32 Å². The number of aliphatic hydroxyl groups excluding tert-OH is 2. The first-order valence-electron chi connectivity index (χ1n) is 38.6. The predicted molar refractivity (Wildman–Crippen MR) is 370 cm³/mol. The van der Waals surface area contributed by atoms with E-state index in [1.807, 2.05) is 6.08 Å². The van der Waals surface area contributed by atoms with E-state index in [0.29, 0.717) is 19.4 Å². The van der Waals surface area contributed by atoms with E-state index >= 15 is 0 Å². The highest BCUT2D eigenvalue weighted by Crippen LogP contribution is 2.20. The molecule has 498 valence electrons. The molecule has 6 nitrogen and oxygen atoms in total. The zero-order valence-corrected chi connectivity index (χ0v) is 57.2. The molecule has 0 aromatic heterocycles. The highest BCUT2D eigenvalue weighted by atomic mass is 16.5. The molecule has 0 aromatic carbocycles. The van der Waals surface area contributed by atoms with Crippen molar-refractivity contribution in [1.29, 1.82) is 0 Å². The van der Waals surface area contributed by atoms with Gasteiger partial charge in [-0.25, -0.2) is 0 Å². The molecule has 0 aliphatic rings. The van der Waals surface area contributed by atoms with Crippen molar-refractivity contribution < 1.29 is 24.5 Å². The van der Waals surface area contributed by atoms with Crippen LogP contribution >= 0.6 is 0 Å². The predicted octanol–water partition coefficient (Wildman–Crippen LogP) is 25.3. The van der Waals surface area contributed by atoms with Crippen LogP contribution in [0, 0.1) is 0 Å². The number of unbranched alkanes of at least 4 members (excludes halogenated alkanes) is 60. The van der Waals surface area contributed by atoms with Crippen LogP contribution in [0.3, 0.4) is 0 Å². The number of hydrogen-bond acceptors (Lipinski definition) is 5. The smallest absolute Gasteiger partial charge is 0.305 e. The SMILES string of the molecule is CCCCCCCCCCCCCCCCCCCCCCC/C=C/C(O)C(CO)NC(=O)CCCCCCCCCCCCCCC/C=C\CCCCCCCCCCCCCCOC(=O)CCCCCCCCCCCCCCCCC. The number of allylic oxidation sites excluding steroid dienone is 3. The number of hydrogen-bond donors (Lipinski definition) is 3. The van der Waals surface area contributed by atoms with Gasteiger partial charge in [0.25, 0.3) is 0 Å². The standard InChI is InChI=1S/C78H151NO5/c1-3-5-7-9-11-13-15-17-19-20-21-22-30-33-36-39-43-46-50-54-58-62-66-70-76(81)75(74-80)79-77(82)71-67-63-59-55-51-47-44-40-37-34-31-28-26-24-23-25-27-29-32-35-38-41-45-49-53-57-61-65-69-73-84-78(83)72-68-64-60-56-52-48-42-18-16-14-12-10-8-6-4-2/h23,25,66,70,75-76,80-81H,3-22,24,26-65,67-69,71-74H2,1-2H3,(H,79,82)/b25-23-,70-66+. The highest BCUT2D eigenvalue weighted by Gasteiger charge is 2.18. The van der Waals surface area contributed by atoms with E-state index in [1.165, 1.54) is 372 Å². The van der Waals surface area contributed by atoms with E-state index in [0.717, 1.165) is 38.5 Å². The Kier molecular flexibility index (Phi) is 72.3. The number of amides is 1. The molecule has 0 aliphatic carbocycles. The molecule has 0 rings (SSSR count). The van der Waals surface area contributed by atoms with Crippen LogP contribution in [0.15, 0.2) is 24.3 Å². The van der Waals surface area contributed by atoms with Crippen molar-refractivity contribution in [3.05, 3.63) is 24.3 Å². The van der Waals surface area contributed by atoms with Gasteiger partial charge < -0.3 is 20.3 Å². The summed E-state index contributed by atoms with van der Waals surface area (Å²) in [6, 6.07) is -0.628. The molecule has 0 saturated carbocycles. The average molecular weight is 1180 g/mol. The molecule has 0 radical (unpaired) electrons. The molecular weight excluding hydrogens is 1030 g/mol. The summed E-state index contributed by atoms with van der Waals surface area (Å²) in [5.41, 5.74) is 0. The number of ether oxygens (including phenoxy) is 1. The number of esters is 1. The second-order valence-electron chi connectivity index (χ2n) is 26.7. The lowest BCUT2D eigenvalue weighted by atomic mass is 10.0. The second kappa shape index (κ2) is 73.8. The van der Waals surface area contributed by atoms with Crippen molar-refractivity contribution in [1.82, 2.24) is 5.32 Å². The van der Waals surface area contributed by atoms with E-state index in [4.69, 9.17) is 4.74 Å². The first-order chi connectivity index (χ1) is 41.5.